The largest absolute Gasteiger partial charge is 0.466 e. The van der Waals surface area contributed by atoms with E-state index in [0.29, 0.717) is 13.2 Å². The van der Waals surface area contributed by atoms with Crippen molar-refractivity contribution in [1.29, 1.82) is 0 Å². The Morgan fingerprint density at radius 2 is 2.00 bits per heavy atom. The molecule has 22 heavy (non-hydrogen) atoms. The third-order valence-corrected chi connectivity index (χ3v) is 2.98. The second-order valence-corrected chi connectivity index (χ2v) is 4.65. The zero-order chi connectivity index (χ0) is 16.5. The van der Waals surface area contributed by atoms with E-state index in [2.05, 4.69) is 0 Å². The maximum absolute atomic E-state index is 12.4. The Morgan fingerprint density at radius 3 is 2.59 bits per heavy atom. The van der Waals surface area contributed by atoms with Gasteiger partial charge in [-0.3, -0.25) is 19.7 Å². The molecule has 0 saturated heterocycles. The van der Waals surface area contributed by atoms with Crippen molar-refractivity contribution in [1.82, 2.24) is 4.90 Å². The summed E-state index contributed by atoms with van der Waals surface area (Å²) in [7, 11) is 0. The van der Waals surface area contributed by atoms with Crippen LogP contribution in [0, 0.1) is 10.1 Å². The van der Waals surface area contributed by atoms with E-state index in [9.17, 15) is 19.7 Å². The molecule has 0 N–H and O–H groups in total. The van der Waals surface area contributed by atoms with Crippen LogP contribution in [0.15, 0.2) is 24.3 Å². The molecule has 0 bridgehead atoms. The Hall–Kier alpha value is -2.44. The van der Waals surface area contributed by atoms with Crippen LogP contribution >= 0.6 is 0 Å². The van der Waals surface area contributed by atoms with Crippen LogP contribution in [-0.2, 0) is 9.53 Å². The van der Waals surface area contributed by atoms with E-state index in [4.69, 9.17) is 4.74 Å². The van der Waals surface area contributed by atoms with Crippen LogP contribution in [0.2, 0.25) is 0 Å². The average molecular weight is 308 g/mol. The van der Waals surface area contributed by atoms with Gasteiger partial charge in [0.25, 0.3) is 11.6 Å². The Kier molecular flexibility index (Phi) is 7.01. The molecule has 0 aliphatic rings. The van der Waals surface area contributed by atoms with Crippen molar-refractivity contribution in [3.63, 3.8) is 0 Å². The number of ether oxygens (including phenoxy) is 1. The van der Waals surface area contributed by atoms with Gasteiger partial charge in [0.15, 0.2) is 0 Å². The van der Waals surface area contributed by atoms with Crippen molar-refractivity contribution in [2.75, 3.05) is 19.7 Å². The van der Waals surface area contributed by atoms with Gasteiger partial charge >= 0.3 is 5.97 Å². The summed E-state index contributed by atoms with van der Waals surface area (Å²) in [4.78, 5) is 35.6. The maximum Gasteiger partial charge on any atom is 0.307 e. The molecule has 0 aliphatic heterocycles. The molecule has 0 heterocycles. The highest BCUT2D eigenvalue weighted by atomic mass is 16.6. The Labute approximate surface area is 129 Å². The van der Waals surface area contributed by atoms with E-state index in [0.717, 1.165) is 6.42 Å². The summed E-state index contributed by atoms with van der Waals surface area (Å²) in [5.74, 6) is -0.690. The standard InChI is InChI=1S/C15H20N2O5/c1-3-9-16(10-8-14(18)22-4-2)15(19)12-6-5-7-13(11-12)17(20)21/h5-7,11H,3-4,8-10H2,1-2H3. The molecule has 7 heteroatoms. The van der Waals surface area contributed by atoms with Crippen LogP contribution < -0.4 is 0 Å². The first-order valence-corrected chi connectivity index (χ1v) is 7.18. The number of hydrogen-bond acceptors (Lipinski definition) is 5. The minimum atomic E-state index is -0.542. The number of nitro groups is 1. The predicted octanol–water partition coefficient (Wildman–Crippen LogP) is 2.40. The molecule has 7 nitrogen and oxygen atoms in total. The van der Waals surface area contributed by atoms with Crippen LogP contribution in [0.3, 0.4) is 0 Å². The van der Waals surface area contributed by atoms with Crippen LogP contribution in [0.1, 0.15) is 37.0 Å². The predicted molar refractivity (Wildman–Crippen MR) is 80.5 cm³/mol. The monoisotopic (exact) mass is 308 g/mol. The van der Waals surface area contributed by atoms with Gasteiger partial charge in [-0.05, 0) is 19.4 Å². The van der Waals surface area contributed by atoms with Crippen molar-refractivity contribution >= 4 is 17.6 Å². The summed E-state index contributed by atoms with van der Waals surface area (Å²) >= 11 is 0. The molecule has 1 amide bonds. The van der Waals surface area contributed by atoms with Gasteiger partial charge < -0.3 is 9.64 Å². The quantitative estimate of drug-likeness (QED) is 0.418. The molecule has 0 radical (unpaired) electrons. The second-order valence-electron chi connectivity index (χ2n) is 4.65. The van der Waals surface area contributed by atoms with Crippen molar-refractivity contribution in [3.8, 4) is 0 Å². The highest BCUT2D eigenvalue weighted by Gasteiger charge is 2.18. The minimum Gasteiger partial charge on any atom is -0.466 e. The molecule has 120 valence electrons. The smallest absolute Gasteiger partial charge is 0.307 e. The SMILES string of the molecule is CCCN(CCC(=O)OCC)C(=O)c1cccc([N+](=O)[O-])c1. The number of amides is 1. The lowest BCUT2D eigenvalue weighted by molar-refractivity contribution is -0.384. The van der Waals surface area contributed by atoms with E-state index in [1.807, 2.05) is 6.92 Å². The number of nitro benzene ring substituents is 1. The van der Waals surface area contributed by atoms with Crippen LogP contribution in [0.4, 0.5) is 5.69 Å². The fourth-order valence-corrected chi connectivity index (χ4v) is 1.98. The van der Waals surface area contributed by atoms with Gasteiger partial charge in [-0.2, -0.15) is 0 Å². The van der Waals surface area contributed by atoms with Crippen LogP contribution in [0.5, 0.6) is 0 Å². The van der Waals surface area contributed by atoms with Crippen LogP contribution in [-0.4, -0.2) is 41.4 Å². The lowest BCUT2D eigenvalue weighted by Crippen LogP contribution is -2.34. The van der Waals surface area contributed by atoms with Gasteiger partial charge in [0.05, 0.1) is 18.0 Å². The van der Waals surface area contributed by atoms with E-state index >= 15 is 0 Å². The number of carbonyl (C=O) groups excluding carboxylic acids is 2. The molecule has 0 saturated carbocycles. The van der Waals surface area contributed by atoms with Gasteiger partial charge in [-0.1, -0.05) is 13.0 Å². The fraction of sp³-hybridized carbons (Fsp3) is 0.467. The molecule has 0 spiro atoms. The van der Waals surface area contributed by atoms with Gasteiger partial charge in [0.2, 0.25) is 0 Å². The van der Waals surface area contributed by atoms with Gasteiger partial charge in [-0.15, -0.1) is 0 Å². The summed E-state index contributed by atoms with van der Waals surface area (Å²) < 4.78 is 4.84. The third kappa shape index (κ3) is 5.16. The van der Waals surface area contributed by atoms with E-state index in [1.54, 1.807) is 6.92 Å². The molecule has 0 aliphatic carbocycles. The Balaban J connectivity index is 2.81. The van der Waals surface area contributed by atoms with Gasteiger partial charge in [-0.25, -0.2) is 0 Å². The highest BCUT2D eigenvalue weighted by Crippen LogP contribution is 2.15. The van der Waals surface area contributed by atoms with Crippen molar-refractivity contribution in [2.45, 2.75) is 26.7 Å². The molecule has 0 fully saturated rings. The van der Waals surface area contributed by atoms with Crippen molar-refractivity contribution in [3.05, 3.63) is 39.9 Å². The normalized spacial score (nSPS) is 10.1. The average Bonchev–Trinajstić information content (AvgIpc) is 2.51. The topological polar surface area (TPSA) is 89.8 Å². The Morgan fingerprint density at radius 1 is 1.27 bits per heavy atom. The molecule has 1 aromatic rings. The number of non-ortho nitro benzene ring substituents is 1. The zero-order valence-electron chi connectivity index (χ0n) is 12.8. The maximum atomic E-state index is 12.4. The van der Waals surface area contributed by atoms with E-state index in [1.165, 1.54) is 29.2 Å². The number of benzene rings is 1. The van der Waals surface area contributed by atoms with E-state index in [-0.39, 0.29) is 36.1 Å². The highest BCUT2D eigenvalue weighted by molar-refractivity contribution is 5.95. The first-order valence-electron chi connectivity index (χ1n) is 7.18. The molecular weight excluding hydrogens is 288 g/mol. The molecule has 1 rings (SSSR count). The van der Waals surface area contributed by atoms with Crippen LogP contribution in [0.25, 0.3) is 0 Å². The third-order valence-electron chi connectivity index (χ3n) is 2.98. The summed E-state index contributed by atoms with van der Waals surface area (Å²) in [5, 5.41) is 10.8. The minimum absolute atomic E-state index is 0.106. The van der Waals surface area contributed by atoms with Gasteiger partial charge in [0, 0.05) is 30.8 Å². The number of rotatable bonds is 8. The molecule has 0 atom stereocenters. The first-order chi connectivity index (χ1) is 10.5. The van der Waals surface area contributed by atoms with Crippen molar-refractivity contribution < 1.29 is 19.2 Å². The number of nitrogens with zero attached hydrogens (tertiary/aromatic N) is 2. The van der Waals surface area contributed by atoms with E-state index < -0.39 is 4.92 Å². The molecule has 1 aromatic carbocycles. The Bertz CT molecular complexity index is 544. The summed E-state index contributed by atoms with van der Waals surface area (Å²) in [6.07, 6.45) is 0.831. The molecular formula is C15H20N2O5. The number of hydrogen-bond donors (Lipinski definition) is 0. The summed E-state index contributed by atoms with van der Waals surface area (Å²) in [6, 6.07) is 5.58. The molecule has 0 unspecified atom stereocenters. The fourth-order valence-electron chi connectivity index (χ4n) is 1.98. The van der Waals surface area contributed by atoms with Crippen molar-refractivity contribution in [2.24, 2.45) is 0 Å². The summed E-state index contributed by atoms with van der Waals surface area (Å²) in [5.41, 5.74) is 0.110. The zero-order valence-corrected chi connectivity index (χ0v) is 12.8. The number of carbonyl (C=O) groups is 2. The number of esters is 1. The molecule has 0 aromatic heterocycles. The lowest BCUT2D eigenvalue weighted by Gasteiger charge is -2.21. The second kappa shape index (κ2) is 8.76. The van der Waals surface area contributed by atoms with Gasteiger partial charge in [0.1, 0.15) is 0 Å². The first kappa shape index (κ1) is 17.6. The lowest BCUT2D eigenvalue weighted by atomic mass is 10.1. The summed E-state index contributed by atoms with van der Waals surface area (Å²) in [6.45, 7) is 4.63.